The smallest absolute Gasteiger partial charge is 0.408 e. The number of unbranched alkanes of at least 4 members (excludes halogenated alkanes) is 5. The molecule has 0 aliphatic carbocycles. The van der Waals surface area contributed by atoms with Gasteiger partial charge in [0.2, 0.25) is 5.91 Å². The lowest BCUT2D eigenvalue weighted by Gasteiger charge is -2.34. The third-order valence-electron chi connectivity index (χ3n) is 6.62. The number of nitrogens with zero attached hydrogens (tertiary/aromatic N) is 1. The van der Waals surface area contributed by atoms with Crippen molar-refractivity contribution in [3.8, 4) is 5.75 Å². The van der Waals surface area contributed by atoms with E-state index < -0.39 is 23.8 Å². The maximum Gasteiger partial charge on any atom is 0.408 e. The summed E-state index contributed by atoms with van der Waals surface area (Å²) in [5.74, 6) is -0.00166. The predicted octanol–water partition coefficient (Wildman–Crippen LogP) is 7.09. The van der Waals surface area contributed by atoms with Crippen LogP contribution in [0.2, 0.25) is 0 Å². The minimum Gasteiger partial charge on any atom is -0.497 e. The molecule has 0 aliphatic rings. The topological polar surface area (TPSA) is 97.0 Å². The van der Waals surface area contributed by atoms with E-state index in [-0.39, 0.29) is 11.8 Å². The van der Waals surface area contributed by atoms with Crippen molar-refractivity contribution in [2.45, 2.75) is 105 Å². The molecule has 3 amide bonds. The first-order valence-corrected chi connectivity index (χ1v) is 14.7. The standard InChI is InChI=1S/C33H49N3O5/c1-9-10-11-12-13-14-19-36(31(38)25(4)34-32(39)41-33(5,6)7)29(26-21-23(2)20-24(3)22-26)30(37)35-27-15-17-28(40-8)18-16-27/h15-18,20-22,25,29H,9-14,19H2,1-8H3,(H,34,39)(H,35,37). The number of aryl methyl sites for hydroxylation is 2. The first-order chi connectivity index (χ1) is 19.3. The van der Waals surface area contributed by atoms with E-state index >= 15 is 0 Å². The van der Waals surface area contributed by atoms with E-state index in [0.29, 0.717) is 18.0 Å². The number of hydrogen-bond acceptors (Lipinski definition) is 5. The molecule has 226 valence electrons. The van der Waals surface area contributed by atoms with Crippen molar-refractivity contribution in [1.29, 1.82) is 0 Å². The fraction of sp³-hybridized carbons (Fsp3) is 0.545. The molecule has 2 N–H and O–H groups in total. The first kappa shape index (κ1) is 33.7. The SMILES string of the molecule is CCCCCCCCN(C(=O)C(C)NC(=O)OC(C)(C)C)C(C(=O)Nc1ccc(OC)cc1)c1cc(C)cc(C)c1. The number of anilines is 1. The molecule has 0 spiro atoms. The molecule has 41 heavy (non-hydrogen) atoms. The summed E-state index contributed by atoms with van der Waals surface area (Å²) in [5.41, 5.74) is 2.60. The lowest BCUT2D eigenvalue weighted by Crippen LogP contribution is -2.51. The van der Waals surface area contributed by atoms with Crippen LogP contribution < -0.4 is 15.4 Å². The minimum absolute atomic E-state index is 0.330. The summed E-state index contributed by atoms with van der Waals surface area (Å²) < 4.78 is 10.6. The summed E-state index contributed by atoms with van der Waals surface area (Å²) in [6, 6.07) is 11.2. The highest BCUT2D eigenvalue weighted by Crippen LogP contribution is 2.27. The summed E-state index contributed by atoms with van der Waals surface area (Å²) in [6.07, 6.45) is 5.54. The molecule has 0 bridgehead atoms. The molecule has 0 radical (unpaired) electrons. The Bertz CT molecular complexity index is 1120. The van der Waals surface area contributed by atoms with Gasteiger partial charge in [0.25, 0.3) is 5.91 Å². The molecule has 2 atom stereocenters. The van der Waals surface area contributed by atoms with Gasteiger partial charge in [-0.2, -0.15) is 0 Å². The second-order valence-electron chi connectivity index (χ2n) is 11.7. The molecule has 2 unspecified atom stereocenters. The third-order valence-corrected chi connectivity index (χ3v) is 6.62. The first-order valence-electron chi connectivity index (χ1n) is 14.7. The number of methoxy groups -OCH3 is 1. The number of alkyl carbamates (subject to hydrolysis) is 1. The van der Waals surface area contributed by atoms with E-state index in [9.17, 15) is 14.4 Å². The molecule has 0 saturated carbocycles. The van der Waals surface area contributed by atoms with Crippen LogP contribution in [0, 0.1) is 13.8 Å². The molecule has 8 heteroatoms. The quantitative estimate of drug-likeness (QED) is 0.238. The Morgan fingerprint density at radius 2 is 1.49 bits per heavy atom. The maximum atomic E-state index is 14.0. The second-order valence-corrected chi connectivity index (χ2v) is 11.7. The summed E-state index contributed by atoms with van der Waals surface area (Å²) in [5, 5.41) is 5.66. The Kier molecular flexibility index (Phi) is 13.2. The molecule has 0 fully saturated rings. The van der Waals surface area contributed by atoms with E-state index in [1.54, 1.807) is 64.0 Å². The molecule has 2 aromatic rings. The summed E-state index contributed by atoms with van der Waals surface area (Å²) in [4.78, 5) is 42.1. The van der Waals surface area contributed by atoms with Gasteiger partial charge in [-0.05, 0) is 77.8 Å². The normalized spacial score (nSPS) is 12.7. The highest BCUT2D eigenvalue weighted by atomic mass is 16.6. The average Bonchev–Trinajstić information content (AvgIpc) is 2.88. The lowest BCUT2D eigenvalue weighted by molar-refractivity contribution is -0.140. The molecule has 8 nitrogen and oxygen atoms in total. The van der Waals surface area contributed by atoms with E-state index in [1.165, 1.54) is 6.42 Å². The van der Waals surface area contributed by atoms with Crippen molar-refractivity contribution in [3.05, 3.63) is 59.2 Å². The lowest BCUT2D eigenvalue weighted by atomic mass is 9.98. The Labute approximate surface area is 246 Å². The second kappa shape index (κ2) is 16.0. The predicted molar refractivity (Wildman–Crippen MR) is 164 cm³/mol. The number of amides is 3. The van der Waals surface area contributed by atoms with Crippen molar-refractivity contribution < 1.29 is 23.9 Å². The van der Waals surface area contributed by atoms with E-state index in [2.05, 4.69) is 17.6 Å². The van der Waals surface area contributed by atoms with Crippen LogP contribution in [0.5, 0.6) is 5.75 Å². The van der Waals surface area contributed by atoms with Crippen molar-refractivity contribution >= 4 is 23.6 Å². The van der Waals surface area contributed by atoms with E-state index in [0.717, 1.165) is 48.8 Å². The van der Waals surface area contributed by atoms with Gasteiger partial charge in [-0.1, -0.05) is 68.4 Å². The van der Waals surface area contributed by atoms with Gasteiger partial charge in [0.05, 0.1) is 7.11 Å². The summed E-state index contributed by atoms with van der Waals surface area (Å²) >= 11 is 0. The monoisotopic (exact) mass is 567 g/mol. The molecule has 0 saturated heterocycles. The van der Waals surface area contributed by atoms with Crippen LogP contribution in [0.4, 0.5) is 10.5 Å². The Hall–Kier alpha value is -3.55. The number of ether oxygens (including phenoxy) is 2. The zero-order valence-corrected chi connectivity index (χ0v) is 26.1. The fourth-order valence-corrected chi connectivity index (χ4v) is 4.75. The number of rotatable bonds is 14. The molecule has 0 aliphatic heterocycles. The molecule has 2 rings (SSSR count). The van der Waals surface area contributed by atoms with Crippen LogP contribution in [-0.2, 0) is 14.3 Å². The molecule has 0 aromatic heterocycles. The van der Waals surface area contributed by atoms with Gasteiger partial charge in [0.1, 0.15) is 23.4 Å². The van der Waals surface area contributed by atoms with Gasteiger partial charge in [-0.25, -0.2) is 4.79 Å². The largest absolute Gasteiger partial charge is 0.497 e. The molecular weight excluding hydrogens is 518 g/mol. The fourth-order valence-electron chi connectivity index (χ4n) is 4.75. The zero-order chi connectivity index (χ0) is 30.6. The average molecular weight is 568 g/mol. The van der Waals surface area contributed by atoms with Crippen molar-refractivity contribution in [1.82, 2.24) is 10.2 Å². The van der Waals surface area contributed by atoms with Crippen LogP contribution in [0.15, 0.2) is 42.5 Å². The van der Waals surface area contributed by atoms with Gasteiger partial charge in [-0.15, -0.1) is 0 Å². The Morgan fingerprint density at radius 1 is 0.902 bits per heavy atom. The van der Waals surface area contributed by atoms with Gasteiger partial charge in [0, 0.05) is 12.2 Å². The number of carbonyl (C=O) groups is 3. The van der Waals surface area contributed by atoms with Crippen molar-refractivity contribution in [2.24, 2.45) is 0 Å². The summed E-state index contributed by atoms with van der Waals surface area (Å²) in [7, 11) is 1.59. The van der Waals surface area contributed by atoms with Crippen LogP contribution in [0.25, 0.3) is 0 Å². The van der Waals surface area contributed by atoms with Crippen LogP contribution in [0.1, 0.15) is 95.9 Å². The van der Waals surface area contributed by atoms with Crippen molar-refractivity contribution in [2.75, 3.05) is 19.0 Å². The highest BCUT2D eigenvalue weighted by Gasteiger charge is 2.35. The number of nitrogens with one attached hydrogen (secondary N) is 2. The Balaban J connectivity index is 2.44. The van der Waals surface area contributed by atoms with Gasteiger partial charge in [-0.3, -0.25) is 9.59 Å². The van der Waals surface area contributed by atoms with Crippen LogP contribution in [0.3, 0.4) is 0 Å². The van der Waals surface area contributed by atoms with E-state index in [1.807, 2.05) is 32.0 Å². The highest BCUT2D eigenvalue weighted by molar-refractivity contribution is 5.99. The Morgan fingerprint density at radius 3 is 2.05 bits per heavy atom. The third kappa shape index (κ3) is 11.5. The zero-order valence-electron chi connectivity index (χ0n) is 26.1. The maximum absolute atomic E-state index is 14.0. The molecular formula is C33H49N3O5. The number of hydrogen-bond donors (Lipinski definition) is 2. The molecule has 0 heterocycles. The minimum atomic E-state index is -0.901. The summed E-state index contributed by atoms with van der Waals surface area (Å²) in [6.45, 7) is 13.4. The number of benzene rings is 2. The molecule has 2 aromatic carbocycles. The van der Waals surface area contributed by atoms with Crippen molar-refractivity contribution in [3.63, 3.8) is 0 Å². The van der Waals surface area contributed by atoms with Gasteiger partial charge >= 0.3 is 6.09 Å². The van der Waals surface area contributed by atoms with Gasteiger partial charge in [0.15, 0.2) is 0 Å². The van der Waals surface area contributed by atoms with Crippen LogP contribution in [-0.4, -0.2) is 48.1 Å². The van der Waals surface area contributed by atoms with E-state index in [4.69, 9.17) is 9.47 Å². The number of carbonyl (C=O) groups excluding carboxylic acids is 3. The van der Waals surface area contributed by atoms with Crippen LogP contribution >= 0.6 is 0 Å². The van der Waals surface area contributed by atoms with Gasteiger partial charge < -0.3 is 25.0 Å².